The van der Waals surface area contributed by atoms with Crippen molar-refractivity contribution in [1.29, 1.82) is 0 Å². The van der Waals surface area contributed by atoms with Crippen molar-refractivity contribution in [1.82, 2.24) is 24.6 Å². The molecule has 7 heteroatoms. The molecule has 2 heterocycles. The van der Waals surface area contributed by atoms with Crippen molar-refractivity contribution in [3.8, 4) is 28.5 Å². The molecule has 0 atom stereocenters. The standard InChI is InChI=1S/C32H37N5O2/c1-23-8-4-5-9-25(23)13-15-30(38)36(28-10-6-7-11-28)20-21-37-32(27-12-14-29(39-3)24(2)22-27)34-31(35-37)26-16-18-33-19-17-26/h4-5,8-9,12,14,16-19,22,28H,6-7,10-11,13,15,20-21H2,1-3H3. The third kappa shape index (κ3) is 6.19. The topological polar surface area (TPSA) is 73.1 Å². The van der Waals surface area contributed by atoms with Crippen molar-refractivity contribution < 1.29 is 9.53 Å². The van der Waals surface area contributed by atoms with E-state index < -0.39 is 0 Å². The number of ether oxygens (including phenoxy) is 1. The smallest absolute Gasteiger partial charge is 0.223 e. The molecular formula is C32H37N5O2. The molecule has 4 aromatic rings. The minimum absolute atomic E-state index is 0.224. The first-order valence-corrected chi connectivity index (χ1v) is 13.9. The van der Waals surface area contributed by atoms with Crippen LogP contribution in [-0.4, -0.2) is 50.3 Å². The number of pyridine rings is 1. The van der Waals surface area contributed by atoms with E-state index in [2.05, 4.69) is 41.1 Å². The van der Waals surface area contributed by atoms with Gasteiger partial charge in [0.05, 0.1) is 13.7 Å². The number of hydrogen-bond acceptors (Lipinski definition) is 5. The van der Waals surface area contributed by atoms with Crippen LogP contribution in [0.2, 0.25) is 0 Å². The highest BCUT2D eigenvalue weighted by molar-refractivity contribution is 5.77. The number of carbonyl (C=O) groups is 1. The summed E-state index contributed by atoms with van der Waals surface area (Å²) in [6, 6.07) is 18.5. The molecule has 1 aliphatic carbocycles. The number of carbonyl (C=O) groups excluding carboxylic acids is 1. The Hall–Kier alpha value is -4.00. The zero-order valence-electron chi connectivity index (χ0n) is 23.1. The summed E-state index contributed by atoms with van der Waals surface area (Å²) in [5, 5.41) is 4.90. The molecule has 2 aromatic carbocycles. The van der Waals surface area contributed by atoms with Gasteiger partial charge in [0, 0.05) is 42.5 Å². The molecule has 0 spiro atoms. The Morgan fingerprint density at radius 2 is 1.77 bits per heavy atom. The monoisotopic (exact) mass is 523 g/mol. The third-order valence-corrected chi connectivity index (χ3v) is 7.77. The van der Waals surface area contributed by atoms with Gasteiger partial charge in [-0.25, -0.2) is 9.67 Å². The molecule has 7 nitrogen and oxygen atoms in total. The number of methoxy groups -OCH3 is 1. The van der Waals surface area contributed by atoms with Gasteiger partial charge >= 0.3 is 0 Å². The second kappa shape index (κ2) is 12.2. The van der Waals surface area contributed by atoms with E-state index in [-0.39, 0.29) is 5.91 Å². The molecule has 202 valence electrons. The lowest BCUT2D eigenvalue weighted by molar-refractivity contribution is -0.133. The molecule has 5 rings (SSSR count). The number of aromatic nitrogens is 4. The minimum atomic E-state index is 0.224. The quantitative estimate of drug-likeness (QED) is 0.254. The van der Waals surface area contributed by atoms with Crippen LogP contribution < -0.4 is 4.74 Å². The van der Waals surface area contributed by atoms with Crippen molar-refractivity contribution in [3.05, 3.63) is 83.7 Å². The fraction of sp³-hybridized carbons (Fsp3) is 0.375. The summed E-state index contributed by atoms with van der Waals surface area (Å²) in [4.78, 5) is 24.8. The predicted molar refractivity (Wildman–Crippen MR) is 153 cm³/mol. The van der Waals surface area contributed by atoms with Gasteiger partial charge in [-0.2, -0.15) is 5.10 Å². The van der Waals surface area contributed by atoms with Crippen molar-refractivity contribution >= 4 is 5.91 Å². The van der Waals surface area contributed by atoms with Gasteiger partial charge in [0.15, 0.2) is 11.6 Å². The molecule has 1 amide bonds. The Morgan fingerprint density at radius 3 is 2.49 bits per heavy atom. The van der Waals surface area contributed by atoms with Crippen molar-refractivity contribution in [2.24, 2.45) is 0 Å². The minimum Gasteiger partial charge on any atom is -0.496 e. The van der Waals surface area contributed by atoms with Crippen LogP contribution in [0.15, 0.2) is 67.0 Å². The first-order chi connectivity index (χ1) is 19.0. The lowest BCUT2D eigenvalue weighted by Gasteiger charge is -2.29. The largest absolute Gasteiger partial charge is 0.496 e. The molecule has 0 N–H and O–H groups in total. The van der Waals surface area contributed by atoms with Gasteiger partial charge in [-0.3, -0.25) is 9.78 Å². The van der Waals surface area contributed by atoms with Gasteiger partial charge in [0.2, 0.25) is 5.91 Å². The van der Waals surface area contributed by atoms with Crippen molar-refractivity contribution in [3.63, 3.8) is 0 Å². The molecular weight excluding hydrogens is 486 g/mol. The van der Waals surface area contributed by atoms with Gasteiger partial charge in [-0.05, 0) is 80.1 Å². The maximum absolute atomic E-state index is 13.6. The van der Waals surface area contributed by atoms with E-state index in [0.29, 0.717) is 31.4 Å². The van der Waals surface area contributed by atoms with Crippen LogP contribution in [0.4, 0.5) is 0 Å². The number of nitrogens with zero attached hydrogens (tertiary/aromatic N) is 5. The second-order valence-corrected chi connectivity index (χ2v) is 10.4. The fourth-order valence-corrected chi connectivity index (χ4v) is 5.56. The SMILES string of the molecule is COc1ccc(-c2nc(-c3ccncc3)nn2CCN(C(=O)CCc2ccccc2C)C2CCCC2)cc1C. The maximum Gasteiger partial charge on any atom is 0.223 e. The molecule has 0 radical (unpaired) electrons. The summed E-state index contributed by atoms with van der Waals surface area (Å²) in [7, 11) is 1.68. The van der Waals surface area contributed by atoms with E-state index in [0.717, 1.165) is 47.5 Å². The van der Waals surface area contributed by atoms with E-state index >= 15 is 0 Å². The molecule has 1 fully saturated rings. The highest BCUT2D eigenvalue weighted by atomic mass is 16.5. The first-order valence-electron chi connectivity index (χ1n) is 13.9. The highest BCUT2D eigenvalue weighted by Crippen LogP contribution is 2.28. The molecule has 1 saturated carbocycles. The average molecular weight is 524 g/mol. The normalized spacial score (nSPS) is 13.5. The van der Waals surface area contributed by atoms with Gasteiger partial charge in [0.1, 0.15) is 5.75 Å². The Morgan fingerprint density at radius 1 is 1.00 bits per heavy atom. The van der Waals surface area contributed by atoms with Crippen LogP contribution in [0.5, 0.6) is 5.75 Å². The summed E-state index contributed by atoms with van der Waals surface area (Å²) in [6.45, 7) is 5.33. The highest BCUT2D eigenvalue weighted by Gasteiger charge is 2.27. The number of aryl methyl sites for hydroxylation is 3. The van der Waals surface area contributed by atoms with Crippen LogP contribution in [0.1, 0.15) is 48.8 Å². The zero-order valence-corrected chi connectivity index (χ0v) is 23.1. The molecule has 0 aliphatic heterocycles. The fourth-order valence-electron chi connectivity index (χ4n) is 5.56. The summed E-state index contributed by atoms with van der Waals surface area (Å²) in [5.74, 6) is 2.50. The molecule has 1 aliphatic rings. The third-order valence-electron chi connectivity index (χ3n) is 7.77. The summed E-state index contributed by atoms with van der Waals surface area (Å²) >= 11 is 0. The molecule has 2 aromatic heterocycles. The number of amides is 1. The number of rotatable bonds is 10. The van der Waals surface area contributed by atoms with Crippen LogP contribution in [0, 0.1) is 13.8 Å². The molecule has 0 bridgehead atoms. The van der Waals surface area contributed by atoms with Gasteiger partial charge in [0.25, 0.3) is 0 Å². The van der Waals surface area contributed by atoms with Crippen LogP contribution >= 0.6 is 0 Å². The Bertz CT molecular complexity index is 1410. The summed E-state index contributed by atoms with van der Waals surface area (Å²) < 4.78 is 7.42. The van der Waals surface area contributed by atoms with E-state index in [4.69, 9.17) is 14.8 Å². The van der Waals surface area contributed by atoms with E-state index in [1.165, 1.54) is 24.0 Å². The Labute approximate surface area is 230 Å². The Balaban J connectivity index is 1.40. The van der Waals surface area contributed by atoms with Gasteiger partial charge in [-0.15, -0.1) is 0 Å². The van der Waals surface area contributed by atoms with Crippen LogP contribution in [-0.2, 0) is 17.8 Å². The first kappa shape index (κ1) is 26.6. The lowest BCUT2D eigenvalue weighted by Crippen LogP contribution is -2.41. The second-order valence-electron chi connectivity index (χ2n) is 10.4. The van der Waals surface area contributed by atoms with Crippen molar-refractivity contribution in [2.75, 3.05) is 13.7 Å². The number of benzene rings is 2. The number of hydrogen-bond donors (Lipinski definition) is 0. The predicted octanol–water partition coefficient (Wildman–Crippen LogP) is 6.04. The van der Waals surface area contributed by atoms with E-state index in [1.54, 1.807) is 19.5 Å². The lowest BCUT2D eigenvalue weighted by atomic mass is 10.0. The summed E-state index contributed by atoms with van der Waals surface area (Å²) in [5.41, 5.74) is 5.40. The summed E-state index contributed by atoms with van der Waals surface area (Å²) in [6.07, 6.45) is 9.28. The van der Waals surface area contributed by atoms with Crippen LogP contribution in [0.25, 0.3) is 22.8 Å². The molecule has 39 heavy (non-hydrogen) atoms. The maximum atomic E-state index is 13.6. The average Bonchev–Trinajstić information content (AvgIpc) is 3.64. The van der Waals surface area contributed by atoms with Crippen molar-refractivity contribution in [2.45, 2.75) is 65.0 Å². The van der Waals surface area contributed by atoms with E-state index in [1.807, 2.05) is 41.9 Å². The zero-order chi connectivity index (χ0) is 27.2. The molecule has 0 saturated heterocycles. The van der Waals surface area contributed by atoms with Gasteiger partial charge in [-0.1, -0.05) is 37.1 Å². The van der Waals surface area contributed by atoms with E-state index in [9.17, 15) is 4.79 Å². The van der Waals surface area contributed by atoms with Gasteiger partial charge < -0.3 is 9.64 Å². The molecule has 0 unspecified atom stereocenters. The van der Waals surface area contributed by atoms with Crippen LogP contribution in [0.3, 0.4) is 0 Å². The Kier molecular flexibility index (Phi) is 8.35.